The Hall–Kier alpha value is -1.72. The van der Waals surface area contributed by atoms with Crippen molar-refractivity contribution in [1.82, 2.24) is 9.55 Å². The van der Waals surface area contributed by atoms with E-state index in [0.717, 1.165) is 0 Å². The van der Waals surface area contributed by atoms with Gasteiger partial charge in [-0.2, -0.15) is 13.2 Å². The number of hydrogen-bond acceptors (Lipinski definition) is 5. The summed E-state index contributed by atoms with van der Waals surface area (Å²) >= 11 is 0. The molecule has 11 heteroatoms. The molecule has 0 spiro atoms. The lowest BCUT2D eigenvalue weighted by atomic mass is 10.1. The number of aliphatic hydroxyl groups is 2. The number of aliphatic hydroxyl groups excluding tert-OH is 2. The summed E-state index contributed by atoms with van der Waals surface area (Å²) in [5.74, 6) is 0. The maximum Gasteiger partial charge on any atom is 0.423 e. The molecule has 118 valence electrons. The molecule has 0 amide bonds. The normalized spacial score (nSPS) is 29.8. The van der Waals surface area contributed by atoms with Crippen molar-refractivity contribution >= 4 is 0 Å². The van der Waals surface area contributed by atoms with Gasteiger partial charge in [-0.25, -0.2) is 9.18 Å². The number of H-pyrrole nitrogens is 1. The minimum Gasteiger partial charge on any atom is -0.394 e. The highest BCUT2D eigenvalue weighted by Crippen LogP contribution is 2.32. The number of rotatable bonds is 2. The van der Waals surface area contributed by atoms with E-state index in [9.17, 15) is 32.3 Å². The minimum atomic E-state index is -5.05. The molecule has 1 saturated heterocycles. The van der Waals surface area contributed by atoms with Crippen LogP contribution in [0.25, 0.3) is 0 Å². The Bertz CT molecular complexity index is 640. The Labute approximate surface area is 113 Å². The largest absolute Gasteiger partial charge is 0.423 e. The van der Waals surface area contributed by atoms with Crippen molar-refractivity contribution in [2.45, 2.75) is 30.8 Å². The first-order valence-corrected chi connectivity index (χ1v) is 5.68. The summed E-state index contributed by atoms with van der Waals surface area (Å²) in [6.07, 6.45) is -12.3. The summed E-state index contributed by atoms with van der Waals surface area (Å²) in [5.41, 5.74) is -4.71. The second-order valence-corrected chi connectivity index (χ2v) is 4.39. The Morgan fingerprint density at radius 2 is 2.00 bits per heavy atom. The third-order valence-corrected chi connectivity index (χ3v) is 3.02. The van der Waals surface area contributed by atoms with E-state index in [2.05, 4.69) is 0 Å². The van der Waals surface area contributed by atoms with Gasteiger partial charge in [0.15, 0.2) is 12.4 Å². The van der Waals surface area contributed by atoms with Gasteiger partial charge in [-0.3, -0.25) is 14.3 Å². The third kappa shape index (κ3) is 2.71. The van der Waals surface area contributed by atoms with Gasteiger partial charge < -0.3 is 14.9 Å². The van der Waals surface area contributed by atoms with Gasteiger partial charge in [-0.05, 0) is 0 Å². The van der Waals surface area contributed by atoms with Crippen LogP contribution in [-0.4, -0.2) is 44.8 Å². The third-order valence-electron chi connectivity index (χ3n) is 3.02. The first kappa shape index (κ1) is 15.7. The topological polar surface area (TPSA) is 105 Å². The van der Waals surface area contributed by atoms with Crippen molar-refractivity contribution in [3.63, 3.8) is 0 Å². The molecule has 0 aliphatic carbocycles. The number of aromatic nitrogens is 2. The van der Waals surface area contributed by atoms with Crippen LogP contribution in [0.5, 0.6) is 0 Å². The van der Waals surface area contributed by atoms with Crippen LogP contribution >= 0.6 is 0 Å². The molecule has 0 bridgehead atoms. The van der Waals surface area contributed by atoms with Crippen LogP contribution in [-0.2, 0) is 10.9 Å². The number of nitrogens with zero attached hydrogens (tertiary/aromatic N) is 1. The van der Waals surface area contributed by atoms with E-state index in [1.165, 1.54) is 4.98 Å². The molecule has 2 heterocycles. The molecular weight excluding hydrogens is 303 g/mol. The van der Waals surface area contributed by atoms with E-state index >= 15 is 0 Å². The van der Waals surface area contributed by atoms with Crippen LogP contribution in [0.1, 0.15) is 11.8 Å². The number of halogens is 4. The molecule has 1 aromatic heterocycles. The van der Waals surface area contributed by atoms with Gasteiger partial charge in [-0.1, -0.05) is 0 Å². The molecule has 1 aliphatic rings. The maximum absolute atomic E-state index is 13.8. The quantitative estimate of drug-likeness (QED) is 0.617. The molecule has 2 rings (SSSR count). The van der Waals surface area contributed by atoms with Gasteiger partial charge in [0.2, 0.25) is 0 Å². The van der Waals surface area contributed by atoms with Crippen LogP contribution in [0.2, 0.25) is 0 Å². The van der Waals surface area contributed by atoms with E-state index in [1.54, 1.807) is 0 Å². The number of aromatic amines is 1. The van der Waals surface area contributed by atoms with E-state index in [4.69, 9.17) is 9.84 Å². The lowest BCUT2D eigenvalue weighted by molar-refractivity contribution is -0.139. The maximum atomic E-state index is 13.8. The minimum absolute atomic E-state index is 0.116. The van der Waals surface area contributed by atoms with Crippen molar-refractivity contribution in [3.8, 4) is 0 Å². The van der Waals surface area contributed by atoms with Gasteiger partial charge in [0.05, 0.1) is 6.61 Å². The number of alkyl halides is 4. The molecule has 0 saturated carbocycles. The van der Waals surface area contributed by atoms with E-state index in [-0.39, 0.29) is 10.8 Å². The van der Waals surface area contributed by atoms with E-state index < -0.39 is 54.2 Å². The lowest BCUT2D eigenvalue weighted by Crippen LogP contribution is -2.39. The van der Waals surface area contributed by atoms with Gasteiger partial charge in [-0.15, -0.1) is 0 Å². The van der Waals surface area contributed by atoms with Crippen molar-refractivity contribution in [1.29, 1.82) is 0 Å². The van der Waals surface area contributed by atoms with Crippen LogP contribution in [0.4, 0.5) is 17.6 Å². The summed E-state index contributed by atoms with van der Waals surface area (Å²) < 4.78 is 56.6. The van der Waals surface area contributed by atoms with Crippen LogP contribution in [0, 0.1) is 0 Å². The van der Waals surface area contributed by atoms with Gasteiger partial charge in [0.1, 0.15) is 17.8 Å². The molecule has 0 radical (unpaired) electrons. The molecule has 7 nitrogen and oxygen atoms in total. The SMILES string of the molecule is O=c1[nH]c(=O)n([C@@H]2O[C@H](CO)[C@@H](O)[C@@H]2[18F])cc1C(F)(F)F. The molecule has 4 atom stereocenters. The molecule has 0 unspecified atom stereocenters. The fraction of sp³-hybridized carbons (Fsp3) is 0.600. The summed E-state index contributed by atoms with van der Waals surface area (Å²) in [4.78, 5) is 24.0. The van der Waals surface area contributed by atoms with Crippen LogP contribution in [0.3, 0.4) is 0 Å². The Morgan fingerprint density at radius 1 is 1.38 bits per heavy atom. The molecule has 1 aliphatic heterocycles. The molecular formula is C10H10F4N2O5. The Morgan fingerprint density at radius 3 is 2.48 bits per heavy atom. The first-order valence-electron chi connectivity index (χ1n) is 5.68. The van der Waals surface area contributed by atoms with Gasteiger partial charge in [0, 0.05) is 6.20 Å². The highest BCUT2D eigenvalue weighted by Gasteiger charge is 2.46. The van der Waals surface area contributed by atoms with E-state index in [0.29, 0.717) is 0 Å². The number of ether oxygens (including phenoxy) is 1. The predicted molar refractivity (Wildman–Crippen MR) is 58.2 cm³/mol. The molecule has 21 heavy (non-hydrogen) atoms. The predicted octanol–water partition coefficient (Wildman–Crippen LogP) is -0.856. The zero-order chi connectivity index (χ0) is 15.9. The Kier molecular flexibility index (Phi) is 3.91. The summed E-state index contributed by atoms with van der Waals surface area (Å²) in [7, 11) is 0. The fourth-order valence-corrected chi connectivity index (χ4v) is 1.95. The summed E-state index contributed by atoms with van der Waals surface area (Å²) in [6.45, 7) is -0.789. The van der Waals surface area contributed by atoms with Crippen LogP contribution < -0.4 is 11.2 Å². The molecule has 1 fully saturated rings. The van der Waals surface area contributed by atoms with E-state index in [1.807, 2.05) is 0 Å². The van der Waals surface area contributed by atoms with Crippen molar-refractivity contribution in [2.75, 3.05) is 6.61 Å². The average molecular weight is 313 g/mol. The highest BCUT2D eigenvalue weighted by molar-refractivity contribution is 5.10. The smallest absolute Gasteiger partial charge is 0.394 e. The monoisotopic (exact) mass is 313 g/mol. The molecule has 1 aromatic rings. The zero-order valence-corrected chi connectivity index (χ0v) is 10.2. The Balaban J connectivity index is 2.50. The number of hydrogen-bond donors (Lipinski definition) is 3. The van der Waals surface area contributed by atoms with Crippen molar-refractivity contribution in [2.24, 2.45) is 0 Å². The number of nitrogens with one attached hydrogen (secondary N) is 1. The summed E-state index contributed by atoms with van der Waals surface area (Å²) in [5, 5.41) is 18.2. The second-order valence-electron chi connectivity index (χ2n) is 4.39. The highest BCUT2D eigenvalue weighted by atomic mass is 19.4. The van der Waals surface area contributed by atoms with Crippen molar-refractivity contribution in [3.05, 3.63) is 32.6 Å². The molecule has 0 aromatic carbocycles. The first-order chi connectivity index (χ1) is 9.66. The van der Waals surface area contributed by atoms with Crippen molar-refractivity contribution < 1.29 is 32.5 Å². The van der Waals surface area contributed by atoms with Gasteiger partial charge in [0.25, 0.3) is 5.56 Å². The fourth-order valence-electron chi connectivity index (χ4n) is 1.95. The standard InChI is InChI=1S/C10H10F4N2O5/c11-5-6(18)4(2-17)21-8(5)16-1-3(10(12,13)14)7(19)15-9(16)20/h1,4-6,8,17-18H,2H2,(H,15,19,20)/t4-,5+,6-,8-/m1/s1/i11-1. The molecule has 3 N–H and O–H groups in total. The second kappa shape index (κ2) is 5.24. The van der Waals surface area contributed by atoms with Crippen LogP contribution in [0.15, 0.2) is 15.8 Å². The zero-order valence-electron chi connectivity index (χ0n) is 10.2. The van der Waals surface area contributed by atoms with Gasteiger partial charge >= 0.3 is 11.9 Å². The lowest BCUT2D eigenvalue weighted by Gasteiger charge is -2.17. The summed E-state index contributed by atoms with van der Waals surface area (Å²) in [6, 6.07) is 0. The average Bonchev–Trinajstić information content (AvgIpc) is 2.65.